The summed E-state index contributed by atoms with van der Waals surface area (Å²) >= 11 is 5.78. The van der Waals surface area contributed by atoms with E-state index in [1.165, 1.54) is 18.3 Å². The van der Waals surface area contributed by atoms with Gasteiger partial charge >= 0.3 is 0 Å². The van der Waals surface area contributed by atoms with Crippen molar-refractivity contribution >= 4 is 29.6 Å². The molecule has 2 N–H and O–H groups in total. The van der Waals surface area contributed by atoms with Crippen molar-refractivity contribution in [2.24, 2.45) is 5.10 Å². The molecule has 0 aromatic heterocycles. The van der Waals surface area contributed by atoms with Gasteiger partial charge in [-0.3, -0.25) is 9.59 Å². The summed E-state index contributed by atoms with van der Waals surface area (Å²) < 4.78 is 18.7. The van der Waals surface area contributed by atoms with E-state index in [0.29, 0.717) is 5.75 Å². The quantitative estimate of drug-likeness (QED) is 0.611. The highest BCUT2D eigenvalue weighted by molar-refractivity contribution is 6.33. The summed E-state index contributed by atoms with van der Waals surface area (Å²) in [7, 11) is 1.54. The summed E-state index contributed by atoms with van der Waals surface area (Å²) in [6.45, 7) is -0.376. The number of hydrogen-bond donors (Lipinski definition) is 2. The number of benzene rings is 2. The average Bonchev–Trinajstić information content (AvgIpc) is 2.60. The van der Waals surface area contributed by atoms with E-state index in [-0.39, 0.29) is 17.1 Å². The fourth-order valence-corrected chi connectivity index (χ4v) is 2.15. The van der Waals surface area contributed by atoms with Crippen LogP contribution in [-0.4, -0.2) is 31.7 Å². The Balaban J connectivity index is 1.86. The standard InChI is InChI=1S/C17H15ClFN3O3/c1-25-12-5-2-4-11(8-12)9-21-22-15(23)10-20-17(24)16-13(18)6-3-7-14(16)19/h2-9H,10H2,1H3,(H,20,24)(H,22,23)/b21-9+. The van der Waals surface area contributed by atoms with Crippen LogP contribution < -0.4 is 15.5 Å². The highest BCUT2D eigenvalue weighted by Gasteiger charge is 2.16. The molecule has 2 aromatic carbocycles. The van der Waals surface area contributed by atoms with Gasteiger partial charge in [-0.2, -0.15) is 5.10 Å². The number of carbonyl (C=O) groups is 2. The van der Waals surface area contributed by atoms with Crippen molar-refractivity contribution in [3.05, 3.63) is 64.4 Å². The highest BCUT2D eigenvalue weighted by Crippen LogP contribution is 2.18. The largest absolute Gasteiger partial charge is 0.497 e. The molecule has 0 heterocycles. The number of nitrogens with zero attached hydrogens (tertiary/aromatic N) is 1. The lowest BCUT2D eigenvalue weighted by molar-refractivity contribution is -0.120. The highest BCUT2D eigenvalue weighted by atomic mass is 35.5. The third kappa shape index (κ3) is 5.29. The van der Waals surface area contributed by atoms with Crippen LogP contribution in [0.3, 0.4) is 0 Å². The zero-order valence-electron chi connectivity index (χ0n) is 13.3. The van der Waals surface area contributed by atoms with Crippen molar-refractivity contribution in [3.8, 4) is 5.75 Å². The molecule has 0 atom stereocenters. The number of ether oxygens (including phenoxy) is 1. The van der Waals surface area contributed by atoms with Gasteiger partial charge < -0.3 is 10.1 Å². The van der Waals surface area contributed by atoms with Crippen LogP contribution in [0.4, 0.5) is 4.39 Å². The third-order valence-corrected chi connectivity index (χ3v) is 3.41. The SMILES string of the molecule is COc1cccc(/C=N/NC(=O)CNC(=O)c2c(F)cccc2Cl)c1. The Morgan fingerprint density at radius 2 is 2.04 bits per heavy atom. The van der Waals surface area contributed by atoms with E-state index < -0.39 is 17.6 Å². The molecule has 2 amide bonds. The molecule has 0 unspecified atom stereocenters. The second kappa shape index (κ2) is 8.79. The van der Waals surface area contributed by atoms with Gasteiger partial charge in [-0.05, 0) is 29.8 Å². The van der Waals surface area contributed by atoms with Crippen molar-refractivity contribution in [3.63, 3.8) is 0 Å². The Kier molecular flexibility index (Phi) is 6.47. The van der Waals surface area contributed by atoms with E-state index in [0.717, 1.165) is 11.6 Å². The molecule has 0 aliphatic rings. The average molecular weight is 364 g/mol. The first-order valence-electron chi connectivity index (χ1n) is 7.19. The molecule has 6 nitrogen and oxygen atoms in total. The number of halogens is 2. The van der Waals surface area contributed by atoms with E-state index in [4.69, 9.17) is 16.3 Å². The number of nitrogens with one attached hydrogen (secondary N) is 2. The summed E-state index contributed by atoms with van der Waals surface area (Å²) in [6, 6.07) is 10.9. The van der Waals surface area contributed by atoms with Crippen LogP contribution in [0.2, 0.25) is 5.02 Å². The summed E-state index contributed by atoms with van der Waals surface area (Å²) in [5, 5.41) is 6.02. The molecule has 0 spiro atoms. The van der Waals surface area contributed by atoms with Gasteiger partial charge in [0.15, 0.2) is 0 Å². The lowest BCUT2D eigenvalue weighted by Crippen LogP contribution is -2.35. The summed E-state index contributed by atoms with van der Waals surface area (Å²) in [5.41, 5.74) is 2.67. The van der Waals surface area contributed by atoms with Gasteiger partial charge in [-0.15, -0.1) is 0 Å². The first kappa shape index (κ1) is 18.4. The van der Waals surface area contributed by atoms with Gasteiger partial charge in [-0.25, -0.2) is 9.82 Å². The van der Waals surface area contributed by atoms with Crippen LogP contribution >= 0.6 is 11.6 Å². The van der Waals surface area contributed by atoms with E-state index in [9.17, 15) is 14.0 Å². The molecule has 130 valence electrons. The van der Waals surface area contributed by atoms with Crippen LogP contribution in [0, 0.1) is 5.82 Å². The lowest BCUT2D eigenvalue weighted by atomic mass is 10.2. The Morgan fingerprint density at radius 1 is 1.28 bits per heavy atom. The molecule has 0 saturated heterocycles. The lowest BCUT2D eigenvalue weighted by Gasteiger charge is -2.06. The van der Waals surface area contributed by atoms with Crippen molar-refractivity contribution < 1.29 is 18.7 Å². The molecule has 0 bridgehead atoms. The minimum atomic E-state index is -0.782. The zero-order valence-corrected chi connectivity index (χ0v) is 14.0. The van der Waals surface area contributed by atoms with Crippen LogP contribution in [0.15, 0.2) is 47.6 Å². The number of amides is 2. The molecular weight excluding hydrogens is 349 g/mol. The maximum atomic E-state index is 13.6. The Morgan fingerprint density at radius 3 is 2.76 bits per heavy atom. The molecule has 0 saturated carbocycles. The number of hydrazone groups is 1. The number of carbonyl (C=O) groups excluding carboxylic acids is 2. The van der Waals surface area contributed by atoms with Crippen LogP contribution in [0.5, 0.6) is 5.75 Å². The van der Waals surface area contributed by atoms with Crippen LogP contribution in [-0.2, 0) is 4.79 Å². The summed E-state index contributed by atoms with van der Waals surface area (Å²) in [6.07, 6.45) is 1.43. The number of hydrogen-bond acceptors (Lipinski definition) is 4. The first-order valence-corrected chi connectivity index (χ1v) is 7.57. The number of rotatable bonds is 6. The molecule has 2 aromatic rings. The van der Waals surface area contributed by atoms with Crippen molar-refractivity contribution in [1.82, 2.24) is 10.7 Å². The minimum Gasteiger partial charge on any atom is -0.497 e. The number of methoxy groups -OCH3 is 1. The monoisotopic (exact) mass is 363 g/mol. The molecule has 25 heavy (non-hydrogen) atoms. The van der Waals surface area contributed by atoms with Crippen LogP contribution in [0.1, 0.15) is 15.9 Å². The second-order valence-corrected chi connectivity index (χ2v) is 5.26. The normalized spacial score (nSPS) is 10.5. The molecule has 8 heteroatoms. The Hall–Kier alpha value is -2.93. The predicted octanol–water partition coefficient (Wildman–Crippen LogP) is 2.37. The smallest absolute Gasteiger partial charge is 0.259 e. The predicted molar refractivity (Wildman–Crippen MR) is 92.5 cm³/mol. The first-order chi connectivity index (χ1) is 12.0. The summed E-state index contributed by atoms with van der Waals surface area (Å²) in [4.78, 5) is 23.6. The van der Waals surface area contributed by atoms with E-state index in [1.807, 2.05) is 0 Å². The van der Waals surface area contributed by atoms with Gasteiger partial charge in [0.2, 0.25) is 0 Å². The fourth-order valence-electron chi connectivity index (χ4n) is 1.90. The van der Waals surface area contributed by atoms with E-state index in [1.54, 1.807) is 31.4 Å². The van der Waals surface area contributed by atoms with Gasteiger partial charge in [-0.1, -0.05) is 29.8 Å². The maximum absolute atomic E-state index is 13.6. The third-order valence-electron chi connectivity index (χ3n) is 3.10. The molecule has 0 fully saturated rings. The van der Waals surface area contributed by atoms with Crippen molar-refractivity contribution in [2.45, 2.75) is 0 Å². The van der Waals surface area contributed by atoms with Crippen LogP contribution in [0.25, 0.3) is 0 Å². The maximum Gasteiger partial charge on any atom is 0.259 e. The van der Waals surface area contributed by atoms with Gasteiger partial charge in [0.05, 0.1) is 30.5 Å². The van der Waals surface area contributed by atoms with Crippen molar-refractivity contribution in [1.29, 1.82) is 0 Å². The summed E-state index contributed by atoms with van der Waals surface area (Å²) in [5.74, 6) is -1.46. The topological polar surface area (TPSA) is 79.8 Å². The molecule has 0 aliphatic carbocycles. The zero-order chi connectivity index (χ0) is 18.2. The van der Waals surface area contributed by atoms with Gasteiger partial charge in [0, 0.05) is 0 Å². The van der Waals surface area contributed by atoms with Gasteiger partial charge in [0.1, 0.15) is 11.6 Å². The fraction of sp³-hybridized carbons (Fsp3) is 0.118. The Labute approximate surface area is 148 Å². The van der Waals surface area contributed by atoms with E-state index in [2.05, 4.69) is 15.8 Å². The molecule has 2 rings (SSSR count). The Bertz CT molecular complexity index is 791. The molecule has 0 aliphatic heterocycles. The second-order valence-electron chi connectivity index (χ2n) is 4.85. The molecular formula is C17H15ClFN3O3. The van der Waals surface area contributed by atoms with Crippen molar-refractivity contribution in [2.75, 3.05) is 13.7 Å². The van der Waals surface area contributed by atoms with E-state index >= 15 is 0 Å². The minimum absolute atomic E-state index is 0.0334. The molecule has 0 radical (unpaired) electrons. The van der Waals surface area contributed by atoms with Gasteiger partial charge in [0.25, 0.3) is 11.8 Å².